The summed E-state index contributed by atoms with van der Waals surface area (Å²) < 4.78 is 26.2. The van der Waals surface area contributed by atoms with Crippen molar-refractivity contribution in [2.45, 2.75) is 76.4 Å². The van der Waals surface area contributed by atoms with Gasteiger partial charge in [0.05, 0.1) is 18.2 Å². The molecule has 0 aliphatic heterocycles. The third kappa shape index (κ3) is 8.87. The van der Waals surface area contributed by atoms with Crippen LogP contribution in [0.1, 0.15) is 71.1 Å². The summed E-state index contributed by atoms with van der Waals surface area (Å²) in [6, 6.07) is 5.71. The molecule has 0 rings (SSSR count). The van der Waals surface area contributed by atoms with Gasteiger partial charge in [0, 0.05) is 25.9 Å². The number of unbranched alkanes of at least 4 members (excludes halogenated alkanes) is 6. The van der Waals surface area contributed by atoms with Crippen molar-refractivity contribution >= 4 is 10.0 Å². The molecular weight excluding hydrogens is 324 g/mol. The van der Waals surface area contributed by atoms with Gasteiger partial charge in [0.25, 0.3) is 0 Å². The summed E-state index contributed by atoms with van der Waals surface area (Å²) in [7, 11) is -3.79. The molecule has 0 radical (unpaired) electrons. The van der Waals surface area contributed by atoms with E-state index < -0.39 is 15.3 Å². The van der Waals surface area contributed by atoms with Gasteiger partial charge in [0.1, 0.15) is 0 Å². The molecule has 0 fully saturated rings. The maximum absolute atomic E-state index is 12.6. The molecule has 0 amide bonds. The summed E-state index contributed by atoms with van der Waals surface area (Å²) in [6.07, 6.45) is 7.87. The summed E-state index contributed by atoms with van der Waals surface area (Å²) in [6.45, 7) is 2.23. The lowest BCUT2D eigenvalue weighted by Crippen LogP contribution is -2.39. The van der Waals surface area contributed by atoms with Crippen LogP contribution >= 0.6 is 0 Å². The SMILES string of the molecule is CCCCCCCCCC(C#N)S(=O)(=O)N(CCC#N)CCC#N. The molecule has 134 valence electrons. The first-order valence-electron chi connectivity index (χ1n) is 8.67. The van der Waals surface area contributed by atoms with E-state index in [9.17, 15) is 13.7 Å². The lowest BCUT2D eigenvalue weighted by atomic mass is 10.1. The average Bonchev–Trinajstić information content (AvgIpc) is 2.57. The van der Waals surface area contributed by atoms with Crippen LogP contribution in [0.5, 0.6) is 0 Å². The number of rotatable bonds is 14. The second-order valence-corrected chi connectivity index (χ2v) is 7.90. The molecule has 0 aliphatic carbocycles. The molecule has 0 saturated heterocycles. The topological polar surface area (TPSA) is 109 Å². The minimum Gasteiger partial charge on any atom is -0.211 e. The van der Waals surface area contributed by atoms with E-state index in [4.69, 9.17) is 10.5 Å². The maximum Gasteiger partial charge on any atom is 0.230 e. The van der Waals surface area contributed by atoms with Gasteiger partial charge in [-0.15, -0.1) is 0 Å². The zero-order valence-electron chi connectivity index (χ0n) is 14.6. The molecule has 24 heavy (non-hydrogen) atoms. The van der Waals surface area contributed by atoms with E-state index in [1.807, 2.05) is 18.2 Å². The minimum absolute atomic E-state index is 0.0374. The van der Waals surface area contributed by atoms with Crippen molar-refractivity contribution in [3.8, 4) is 18.2 Å². The molecule has 7 heteroatoms. The maximum atomic E-state index is 12.6. The largest absolute Gasteiger partial charge is 0.230 e. The molecule has 0 heterocycles. The first-order chi connectivity index (χ1) is 11.5. The Morgan fingerprint density at radius 1 is 0.875 bits per heavy atom. The number of hydrogen-bond donors (Lipinski definition) is 0. The standard InChI is InChI=1S/C17H28N4O2S/c1-2-3-4-5-6-7-8-11-17(16-20)24(22,23)21(14-9-12-18)15-10-13-19/h17H,2-11,14-15H2,1H3. The third-order valence-corrected chi connectivity index (χ3v) is 6.02. The second-order valence-electron chi connectivity index (χ2n) is 5.79. The van der Waals surface area contributed by atoms with E-state index in [0.29, 0.717) is 12.8 Å². The predicted octanol–water partition coefficient (Wildman–Crippen LogP) is 3.48. The Morgan fingerprint density at radius 2 is 1.38 bits per heavy atom. The van der Waals surface area contributed by atoms with Gasteiger partial charge in [-0.2, -0.15) is 20.1 Å². The Hall–Kier alpha value is -1.62. The number of sulfonamides is 1. The molecule has 0 N–H and O–H groups in total. The van der Waals surface area contributed by atoms with Crippen molar-refractivity contribution in [1.29, 1.82) is 15.8 Å². The van der Waals surface area contributed by atoms with Crippen LogP contribution in [-0.4, -0.2) is 31.1 Å². The van der Waals surface area contributed by atoms with E-state index in [0.717, 1.165) is 23.6 Å². The molecule has 1 atom stereocenters. The summed E-state index contributed by atoms with van der Waals surface area (Å²) >= 11 is 0. The molecule has 0 bridgehead atoms. The molecule has 0 aromatic heterocycles. The van der Waals surface area contributed by atoms with Crippen LogP contribution in [0.15, 0.2) is 0 Å². The van der Waals surface area contributed by atoms with Crippen LogP contribution < -0.4 is 0 Å². The molecule has 0 aromatic rings. The van der Waals surface area contributed by atoms with Crippen molar-refractivity contribution in [2.75, 3.05) is 13.1 Å². The summed E-state index contributed by atoms with van der Waals surface area (Å²) in [5.41, 5.74) is 0. The molecule has 0 aliphatic rings. The lowest BCUT2D eigenvalue weighted by molar-refractivity contribution is 0.418. The molecule has 6 nitrogen and oxygen atoms in total. The number of nitriles is 3. The van der Waals surface area contributed by atoms with Gasteiger partial charge in [0.15, 0.2) is 5.25 Å². The smallest absolute Gasteiger partial charge is 0.211 e. The van der Waals surface area contributed by atoms with Crippen LogP contribution in [0.4, 0.5) is 0 Å². The van der Waals surface area contributed by atoms with E-state index in [-0.39, 0.29) is 25.9 Å². The second kappa shape index (κ2) is 13.8. The Balaban J connectivity index is 4.54. The van der Waals surface area contributed by atoms with Crippen LogP contribution in [0.3, 0.4) is 0 Å². The summed E-state index contributed by atoms with van der Waals surface area (Å²) in [5, 5.41) is 25.5. The Labute approximate surface area is 146 Å². The highest BCUT2D eigenvalue weighted by Gasteiger charge is 2.31. The van der Waals surface area contributed by atoms with E-state index in [1.54, 1.807) is 0 Å². The van der Waals surface area contributed by atoms with Crippen molar-refractivity contribution in [3.05, 3.63) is 0 Å². The van der Waals surface area contributed by atoms with Crippen LogP contribution in [0.25, 0.3) is 0 Å². The van der Waals surface area contributed by atoms with Crippen LogP contribution in [0.2, 0.25) is 0 Å². The highest BCUT2D eigenvalue weighted by molar-refractivity contribution is 7.90. The number of nitrogens with zero attached hydrogens (tertiary/aromatic N) is 4. The van der Waals surface area contributed by atoms with Crippen molar-refractivity contribution < 1.29 is 8.42 Å². The number of hydrogen-bond acceptors (Lipinski definition) is 5. The summed E-state index contributed by atoms with van der Waals surface area (Å²) in [4.78, 5) is 0. The zero-order valence-corrected chi connectivity index (χ0v) is 15.4. The van der Waals surface area contributed by atoms with Crippen molar-refractivity contribution in [3.63, 3.8) is 0 Å². The molecular formula is C17H28N4O2S. The van der Waals surface area contributed by atoms with Gasteiger partial charge in [-0.05, 0) is 6.42 Å². The average molecular weight is 353 g/mol. The fraction of sp³-hybridized carbons (Fsp3) is 0.824. The predicted molar refractivity (Wildman–Crippen MR) is 93.0 cm³/mol. The quantitative estimate of drug-likeness (QED) is 0.445. The van der Waals surface area contributed by atoms with Gasteiger partial charge in [-0.3, -0.25) is 0 Å². The Morgan fingerprint density at radius 3 is 1.83 bits per heavy atom. The van der Waals surface area contributed by atoms with Crippen LogP contribution in [-0.2, 0) is 10.0 Å². The highest BCUT2D eigenvalue weighted by Crippen LogP contribution is 2.17. The van der Waals surface area contributed by atoms with Gasteiger partial charge in [-0.25, -0.2) is 8.42 Å². The Kier molecular flexibility index (Phi) is 12.9. The van der Waals surface area contributed by atoms with Crippen molar-refractivity contribution in [1.82, 2.24) is 4.31 Å². The lowest BCUT2D eigenvalue weighted by Gasteiger charge is -2.23. The highest BCUT2D eigenvalue weighted by atomic mass is 32.2. The first kappa shape index (κ1) is 22.4. The Bertz CT molecular complexity index is 537. The van der Waals surface area contributed by atoms with Gasteiger partial charge < -0.3 is 0 Å². The van der Waals surface area contributed by atoms with Gasteiger partial charge >= 0.3 is 0 Å². The molecule has 0 aromatic carbocycles. The summed E-state index contributed by atoms with van der Waals surface area (Å²) in [5.74, 6) is 0. The molecule has 0 saturated carbocycles. The van der Waals surface area contributed by atoms with Gasteiger partial charge in [0.2, 0.25) is 10.0 Å². The first-order valence-corrected chi connectivity index (χ1v) is 10.2. The third-order valence-electron chi connectivity index (χ3n) is 3.88. The van der Waals surface area contributed by atoms with E-state index in [2.05, 4.69) is 6.92 Å². The molecule has 1 unspecified atom stereocenters. The normalized spacial score (nSPS) is 12.3. The van der Waals surface area contributed by atoms with E-state index >= 15 is 0 Å². The van der Waals surface area contributed by atoms with Crippen LogP contribution in [0, 0.1) is 34.0 Å². The van der Waals surface area contributed by atoms with Gasteiger partial charge in [-0.1, -0.05) is 51.9 Å². The van der Waals surface area contributed by atoms with E-state index in [1.165, 1.54) is 19.3 Å². The monoisotopic (exact) mass is 352 g/mol. The minimum atomic E-state index is -3.79. The fourth-order valence-corrected chi connectivity index (χ4v) is 4.11. The molecule has 0 spiro atoms. The zero-order chi connectivity index (χ0) is 18.3. The van der Waals surface area contributed by atoms with Crippen molar-refractivity contribution in [2.24, 2.45) is 0 Å². The fourth-order valence-electron chi connectivity index (χ4n) is 2.46.